The number of fused-ring (bicyclic) bond motifs is 1. The quantitative estimate of drug-likeness (QED) is 0.454. The van der Waals surface area contributed by atoms with E-state index in [1.807, 2.05) is 48.4 Å². The largest absolute Gasteiger partial charge is 0.401 e. The van der Waals surface area contributed by atoms with E-state index in [2.05, 4.69) is 24.4 Å². The van der Waals surface area contributed by atoms with Gasteiger partial charge in [-0.3, -0.25) is 14.3 Å². The number of halogens is 3. The molecule has 188 valence electrons. The molecule has 2 heterocycles. The van der Waals surface area contributed by atoms with E-state index in [1.165, 1.54) is 4.90 Å². The first kappa shape index (κ1) is 25.4. The molecule has 9 heteroatoms. The second-order valence-corrected chi connectivity index (χ2v) is 9.97. The zero-order valence-corrected chi connectivity index (χ0v) is 21.3. The van der Waals surface area contributed by atoms with E-state index in [0.29, 0.717) is 31.6 Å². The Morgan fingerprint density at radius 3 is 2.40 bits per heavy atom. The van der Waals surface area contributed by atoms with Crippen molar-refractivity contribution in [3.63, 3.8) is 0 Å². The number of pyridine rings is 1. The number of piperazine rings is 1. The average Bonchev–Trinajstić information content (AvgIpc) is 2.81. The minimum absolute atomic E-state index is 0.0608. The lowest BCUT2D eigenvalue weighted by Gasteiger charge is -2.37. The van der Waals surface area contributed by atoms with Crippen LogP contribution in [0.2, 0.25) is 0 Å². The maximum absolute atomic E-state index is 13.4. The first-order valence-electron chi connectivity index (χ1n) is 11.7. The molecule has 35 heavy (non-hydrogen) atoms. The summed E-state index contributed by atoms with van der Waals surface area (Å²) in [6.45, 7) is 4.64. The van der Waals surface area contributed by atoms with Gasteiger partial charge in [0, 0.05) is 55.2 Å². The first-order chi connectivity index (χ1) is 16.6. The number of benzene rings is 2. The summed E-state index contributed by atoms with van der Waals surface area (Å²) < 4.78 is 40.0. The highest BCUT2D eigenvalue weighted by Gasteiger charge is 2.32. The summed E-state index contributed by atoms with van der Waals surface area (Å²) in [5.41, 5.74) is 2.96. The highest BCUT2D eigenvalue weighted by atomic mass is 32.2. The number of nitrogens with zero attached hydrogens (tertiary/aromatic N) is 3. The smallest absolute Gasteiger partial charge is 0.378 e. The molecule has 5 nitrogen and oxygen atoms in total. The molecule has 0 aliphatic carbocycles. The SMILES string of the molecule is CSc1ccccc1NC(C)c1cc(C)cc2c(=O)n(C)c(N3CCN(CC(F)(F)F)CC3)cc12. The number of hydrogen-bond acceptors (Lipinski definition) is 5. The van der Waals surface area contributed by atoms with Gasteiger partial charge in [-0.15, -0.1) is 11.8 Å². The highest BCUT2D eigenvalue weighted by Crippen LogP contribution is 2.33. The number of nitrogens with one attached hydrogen (secondary N) is 1. The fourth-order valence-electron chi connectivity index (χ4n) is 4.80. The van der Waals surface area contributed by atoms with Crippen LogP contribution in [0.5, 0.6) is 0 Å². The van der Waals surface area contributed by atoms with Crippen LogP contribution >= 0.6 is 11.8 Å². The molecule has 0 spiro atoms. The van der Waals surface area contributed by atoms with Crippen LogP contribution in [-0.4, -0.2) is 54.6 Å². The van der Waals surface area contributed by atoms with E-state index < -0.39 is 12.7 Å². The average molecular weight is 505 g/mol. The molecule has 0 bridgehead atoms. The van der Waals surface area contributed by atoms with Crippen molar-refractivity contribution in [3.8, 4) is 0 Å². The Morgan fingerprint density at radius 1 is 1.06 bits per heavy atom. The fourth-order valence-corrected chi connectivity index (χ4v) is 5.36. The second-order valence-electron chi connectivity index (χ2n) is 9.13. The Kier molecular flexibility index (Phi) is 7.38. The van der Waals surface area contributed by atoms with E-state index in [1.54, 1.807) is 23.4 Å². The van der Waals surface area contributed by atoms with Crippen molar-refractivity contribution < 1.29 is 13.2 Å². The van der Waals surface area contributed by atoms with Gasteiger partial charge in [0.15, 0.2) is 0 Å². The molecule has 1 atom stereocenters. The number of hydrogen-bond donors (Lipinski definition) is 1. The third-order valence-electron chi connectivity index (χ3n) is 6.55. The minimum Gasteiger partial charge on any atom is -0.378 e. The Balaban J connectivity index is 1.69. The molecule has 0 radical (unpaired) electrons. The van der Waals surface area contributed by atoms with Crippen molar-refractivity contribution in [2.75, 3.05) is 49.2 Å². The van der Waals surface area contributed by atoms with Gasteiger partial charge in [0.05, 0.1) is 6.54 Å². The standard InChI is InChI=1S/C26H31F3N4OS/c1-17-13-19(18(2)30-22-7-5-6-8-23(22)35-4)20-15-24(31(3)25(34)21(20)14-17)33-11-9-32(10-12-33)16-26(27,28)29/h5-8,13-15,18,30H,9-12,16H2,1-4H3. The molecule has 2 aromatic carbocycles. The van der Waals surface area contributed by atoms with Crippen molar-refractivity contribution in [1.29, 1.82) is 0 Å². The monoisotopic (exact) mass is 504 g/mol. The normalized spacial score (nSPS) is 16.0. The topological polar surface area (TPSA) is 40.5 Å². The molecular formula is C26H31F3N4OS. The molecule has 4 rings (SSSR count). The Hall–Kier alpha value is -2.65. The van der Waals surface area contributed by atoms with Gasteiger partial charge >= 0.3 is 6.18 Å². The predicted octanol–water partition coefficient (Wildman–Crippen LogP) is 5.43. The van der Waals surface area contributed by atoms with Crippen molar-refractivity contribution in [2.24, 2.45) is 7.05 Å². The summed E-state index contributed by atoms with van der Waals surface area (Å²) in [5, 5.41) is 5.12. The third-order valence-corrected chi connectivity index (χ3v) is 7.35. The van der Waals surface area contributed by atoms with Crippen LogP contribution in [0, 0.1) is 6.92 Å². The van der Waals surface area contributed by atoms with Crippen LogP contribution in [-0.2, 0) is 7.05 Å². The third kappa shape index (κ3) is 5.62. The Morgan fingerprint density at radius 2 is 1.74 bits per heavy atom. The Labute approximate surface area is 207 Å². The van der Waals surface area contributed by atoms with Gasteiger partial charge in [-0.25, -0.2) is 0 Å². The van der Waals surface area contributed by atoms with Crippen molar-refractivity contribution in [3.05, 3.63) is 63.9 Å². The molecule has 1 N–H and O–H groups in total. The maximum atomic E-state index is 13.4. The van der Waals surface area contributed by atoms with Gasteiger partial charge in [-0.1, -0.05) is 18.2 Å². The summed E-state index contributed by atoms with van der Waals surface area (Å²) in [6, 6.07) is 14.1. The van der Waals surface area contributed by atoms with Crippen LogP contribution < -0.4 is 15.8 Å². The van der Waals surface area contributed by atoms with Gasteiger partial charge in [0.1, 0.15) is 5.82 Å². The van der Waals surface area contributed by atoms with Crippen LogP contribution in [0.1, 0.15) is 24.1 Å². The van der Waals surface area contributed by atoms with Crippen LogP contribution in [0.15, 0.2) is 52.2 Å². The number of aromatic nitrogens is 1. The second kappa shape index (κ2) is 10.1. The molecule has 0 amide bonds. The van der Waals surface area contributed by atoms with Gasteiger partial charge in [-0.2, -0.15) is 13.2 Å². The minimum atomic E-state index is -4.21. The number of anilines is 2. The molecule has 3 aromatic rings. The van der Waals surface area contributed by atoms with E-state index in [9.17, 15) is 18.0 Å². The van der Waals surface area contributed by atoms with E-state index in [0.717, 1.165) is 32.9 Å². The summed E-state index contributed by atoms with van der Waals surface area (Å²) >= 11 is 1.67. The summed E-state index contributed by atoms with van der Waals surface area (Å²) in [6.07, 6.45) is -2.17. The Bertz CT molecular complexity index is 1270. The number of rotatable bonds is 6. The van der Waals surface area contributed by atoms with E-state index in [4.69, 9.17) is 0 Å². The van der Waals surface area contributed by atoms with Crippen LogP contribution in [0.4, 0.5) is 24.7 Å². The maximum Gasteiger partial charge on any atom is 0.401 e. The zero-order chi connectivity index (χ0) is 25.3. The van der Waals surface area contributed by atoms with E-state index >= 15 is 0 Å². The van der Waals surface area contributed by atoms with Gasteiger partial charge in [-0.05, 0) is 60.9 Å². The van der Waals surface area contributed by atoms with Crippen molar-refractivity contribution in [1.82, 2.24) is 9.47 Å². The predicted molar refractivity (Wildman–Crippen MR) is 139 cm³/mol. The lowest BCUT2D eigenvalue weighted by Crippen LogP contribution is -2.50. The van der Waals surface area contributed by atoms with Gasteiger partial charge in [0.2, 0.25) is 0 Å². The molecule has 1 aliphatic heterocycles. The molecule has 1 saturated heterocycles. The summed E-state index contributed by atoms with van der Waals surface area (Å²) in [5.74, 6) is 0.732. The molecule has 1 unspecified atom stereocenters. The zero-order valence-electron chi connectivity index (χ0n) is 20.4. The van der Waals surface area contributed by atoms with Crippen molar-refractivity contribution >= 4 is 34.0 Å². The highest BCUT2D eigenvalue weighted by molar-refractivity contribution is 7.98. The lowest BCUT2D eigenvalue weighted by atomic mass is 9.97. The van der Waals surface area contributed by atoms with Gasteiger partial charge in [0.25, 0.3) is 5.56 Å². The molecule has 0 saturated carbocycles. The number of para-hydroxylation sites is 1. The fraction of sp³-hybridized carbons (Fsp3) is 0.423. The van der Waals surface area contributed by atoms with Crippen LogP contribution in [0.3, 0.4) is 0 Å². The molecule has 1 aliphatic rings. The van der Waals surface area contributed by atoms with Crippen LogP contribution in [0.25, 0.3) is 10.8 Å². The first-order valence-corrected chi connectivity index (χ1v) is 12.9. The molecule has 1 fully saturated rings. The number of aryl methyl sites for hydroxylation is 1. The molecular weight excluding hydrogens is 473 g/mol. The molecule has 1 aromatic heterocycles. The summed E-state index contributed by atoms with van der Waals surface area (Å²) in [7, 11) is 1.73. The number of alkyl halides is 3. The lowest BCUT2D eigenvalue weighted by molar-refractivity contribution is -0.146. The summed E-state index contributed by atoms with van der Waals surface area (Å²) in [4.78, 5) is 18.0. The number of thioether (sulfide) groups is 1. The van der Waals surface area contributed by atoms with Crippen molar-refractivity contribution in [2.45, 2.75) is 31.0 Å². The van der Waals surface area contributed by atoms with Gasteiger partial charge < -0.3 is 10.2 Å². The van der Waals surface area contributed by atoms with E-state index in [-0.39, 0.29) is 11.6 Å².